The zero-order valence-electron chi connectivity index (χ0n) is 16.8. The van der Waals surface area contributed by atoms with E-state index in [0.29, 0.717) is 42.4 Å². The minimum absolute atomic E-state index is 0.140. The number of ether oxygens (including phenoxy) is 1. The van der Waals surface area contributed by atoms with Crippen LogP contribution in [0.2, 0.25) is 0 Å². The van der Waals surface area contributed by atoms with Crippen molar-refractivity contribution in [3.63, 3.8) is 0 Å². The normalized spacial score (nSPS) is 16.0. The van der Waals surface area contributed by atoms with E-state index in [1.165, 1.54) is 5.56 Å². The number of hydrogen-bond acceptors (Lipinski definition) is 5. The van der Waals surface area contributed by atoms with E-state index >= 15 is 0 Å². The Kier molecular flexibility index (Phi) is 6.49. The van der Waals surface area contributed by atoms with Gasteiger partial charge in [0.1, 0.15) is 11.3 Å². The van der Waals surface area contributed by atoms with Crippen molar-refractivity contribution < 1.29 is 18.8 Å². The predicted molar refractivity (Wildman–Crippen MR) is 105 cm³/mol. The van der Waals surface area contributed by atoms with E-state index < -0.39 is 12.1 Å². The molecule has 0 unspecified atom stereocenters. The van der Waals surface area contributed by atoms with Gasteiger partial charge in [-0.1, -0.05) is 42.4 Å². The van der Waals surface area contributed by atoms with Crippen molar-refractivity contribution >= 4 is 11.9 Å². The molecule has 0 radical (unpaired) electrons. The first-order chi connectivity index (χ1) is 13.5. The van der Waals surface area contributed by atoms with Crippen LogP contribution in [0.1, 0.15) is 54.1 Å². The third-order valence-electron chi connectivity index (χ3n) is 5.40. The maximum absolute atomic E-state index is 12.7. The van der Waals surface area contributed by atoms with Gasteiger partial charge in [-0.3, -0.25) is 4.79 Å². The van der Waals surface area contributed by atoms with Crippen molar-refractivity contribution in [2.45, 2.75) is 52.6 Å². The van der Waals surface area contributed by atoms with Crippen molar-refractivity contribution in [1.29, 1.82) is 0 Å². The standard InChI is InChI=1S/C22H28N2O4/c1-4-19-20(15(2)28-23-19)22(26)27-16(3)21(25)24-12-10-18(11-13-24)14-17-8-6-5-7-9-17/h5-9,16,18H,4,10-14H2,1-3H3/t16-/m0/s1. The average molecular weight is 384 g/mol. The molecule has 28 heavy (non-hydrogen) atoms. The second-order valence-electron chi connectivity index (χ2n) is 7.42. The Hall–Kier alpha value is -2.63. The van der Waals surface area contributed by atoms with E-state index in [1.807, 2.05) is 13.0 Å². The highest BCUT2D eigenvalue weighted by Crippen LogP contribution is 2.23. The summed E-state index contributed by atoms with van der Waals surface area (Å²) in [6.07, 6.45) is 2.72. The summed E-state index contributed by atoms with van der Waals surface area (Å²) in [5.41, 5.74) is 2.23. The molecule has 6 nitrogen and oxygen atoms in total. The van der Waals surface area contributed by atoms with Crippen LogP contribution in [0.15, 0.2) is 34.9 Å². The monoisotopic (exact) mass is 384 g/mol. The first-order valence-corrected chi connectivity index (χ1v) is 9.98. The van der Waals surface area contributed by atoms with Crippen LogP contribution in [-0.2, 0) is 22.4 Å². The summed E-state index contributed by atoms with van der Waals surface area (Å²) in [6, 6.07) is 10.4. The maximum atomic E-state index is 12.7. The Bertz CT molecular complexity index is 807. The highest BCUT2D eigenvalue weighted by Gasteiger charge is 2.30. The van der Waals surface area contributed by atoms with E-state index in [4.69, 9.17) is 9.26 Å². The fourth-order valence-corrected chi connectivity index (χ4v) is 3.75. The van der Waals surface area contributed by atoms with E-state index in [9.17, 15) is 9.59 Å². The summed E-state index contributed by atoms with van der Waals surface area (Å²) in [5.74, 6) is 0.313. The Labute approximate surface area is 165 Å². The molecule has 0 N–H and O–H groups in total. The molecule has 150 valence electrons. The molecule has 0 aliphatic carbocycles. The van der Waals surface area contributed by atoms with Gasteiger partial charge in [-0.15, -0.1) is 0 Å². The second-order valence-corrected chi connectivity index (χ2v) is 7.42. The summed E-state index contributed by atoms with van der Waals surface area (Å²) in [5, 5.41) is 3.87. The second kappa shape index (κ2) is 9.04. The van der Waals surface area contributed by atoms with Gasteiger partial charge in [-0.05, 0) is 51.0 Å². The molecule has 3 rings (SSSR count). The minimum Gasteiger partial charge on any atom is -0.449 e. The number of nitrogens with zero attached hydrogens (tertiary/aromatic N) is 2. The molecule has 1 aromatic carbocycles. The van der Waals surface area contributed by atoms with Gasteiger partial charge in [0.2, 0.25) is 0 Å². The van der Waals surface area contributed by atoms with Crippen LogP contribution in [0.4, 0.5) is 0 Å². The number of likely N-dealkylation sites (tertiary alicyclic amines) is 1. The Balaban J connectivity index is 1.51. The number of aromatic nitrogens is 1. The molecule has 1 aromatic heterocycles. The minimum atomic E-state index is -0.822. The van der Waals surface area contributed by atoms with Crippen molar-refractivity contribution in [2.24, 2.45) is 5.92 Å². The van der Waals surface area contributed by atoms with Crippen LogP contribution in [0.25, 0.3) is 0 Å². The van der Waals surface area contributed by atoms with E-state index in [-0.39, 0.29) is 5.91 Å². The fraction of sp³-hybridized carbons (Fsp3) is 0.500. The average Bonchev–Trinajstić information content (AvgIpc) is 3.09. The number of aryl methyl sites for hydroxylation is 2. The van der Waals surface area contributed by atoms with Crippen molar-refractivity contribution in [1.82, 2.24) is 10.1 Å². The molecular weight excluding hydrogens is 356 g/mol. The van der Waals surface area contributed by atoms with Gasteiger partial charge in [0, 0.05) is 13.1 Å². The molecule has 1 aliphatic rings. The highest BCUT2D eigenvalue weighted by molar-refractivity contribution is 5.94. The molecule has 1 aliphatic heterocycles. The lowest BCUT2D eigenvalue weighted by atomic mass is 9.90. The molecule has 1 saturated heterocycles. The van der Waals surface area contributed by atoms with E-state index in [2.05, 4.69) is 29.4 Å². The Morgan fingerprint density at radius 3 is 2.57 bits per heavy atom. The van der Waals surface area contributed by atoms with Gasteiger partial charge < -0.3 is 14.2 Å². The van der Waals surface area contributed by atoms with Crippen LogP contribution in [0.3, 0.4) is 0 Å². The summed E-state index contributed by atoms with van der Waals surface area (Å²) < 4.78 is 10.5. The van der Waals surface area contributed by atoms with Gasteiger partial charge in [-0.2, -0.15) is 0 Å². The largest absolute Gasteiger partial charge is 0.449 e. The lowest BCUT2D eigenvalue weighted by molar-refractivity contribution is -0.141. The number of amides is 1. The molecule has 1 atom stereocenters. The van der Waals surface area contributed by atoms with Crippen LogP contribution in [0.5, 0.6) is 0 Å². The third-order valence-corrected chi connectivity index (χ3v) is 5.40. The molecule has 0 bridgehead atoms. The quantitative estimate of drug-likeness (QED) is 0.712. The van der Waals surface area contributed by atoms with E-state index in [0.717, 1.165) is 19.3 Å². The number of benzene rings is 1. The number of esters is 1. The smallest absolute Gasteiger partial charge is 0.344 e. The van der Waals surface area contributed by atoms with Gasteiger partial charge in [0.05, 0.1) is 5.69 Å². The van der Waals surface area contributed by atoms with Crippen LogP contribution in [0, 0.1) is 12.8 Å². The number of carbonyl (C=O) groups excluding carboxylic acids is 2. The maximum Gasteiger partial charge on any atom is 0.344 e. The molecule has 0 saturated carbocycles. The lowest BCUT2D eigenvalue weighted by Crippen LogP contribution is -2.44. The molecule has 6 heteroatoms. The Morgan fingerprint density at radius 1 is 1.25 bits per heavy atom. The van der Waals surface area contributed by atoms with Crippen LogP contribution < -0.4 is 0 Å². The van der Waals surface area contributed by atoms with Gasteiger partial charge in [0.25, 0.3) is 5.91 Å². The van der Waals surface area contributed by atoms with Crippen molar-refractivity contribution in [3.05, 3.63) is 52.9 Å². The topological polar surface area (TPSA) is 72.6 Å². The highest BCUT2D eigenvalue weighted by atomic mass is 16.5. The van der Waals surface area contributed by atoms with Crippen LogP contribution >= 0.6 is 0 Å². The summed E-state index contributed by atoms with van der Waals surface area (Å²) in [4.78, 5) is 27.0. The molecule has 1 amide bonds. The van der Waals surface area contributed by atoms with Gasteiger partial charge in [0.15, 0.2) is 6.10 Å². The molecule has 0 spiro atoms. The van der Waals surface area contributed by atoms with Gasteiger partial charge >= 0.3 is 5.97 Å². The SMILES string of the molecule is CCc1noc(C)c1C(=O)O[C@@H](C)C(=O)N1CCC(Cc2ccccc2)CC1. The van der Waals surface area contributed by atoms with Crippen molar-refractivity contribution in [3.8, 4) is 0 Å². The fourth-order valence-electron chi connectivity index (χ4n) is 3.75. The zero-order valence-corrected chi connectivity index (χ0v) is 16.8. The lowest BCUT2D eigenvalue weighted by Gasteiger charge is -2.33. The first-order valence-electron chi connectivity index (χ1n) is 9.98. The molecule has 1 fully saturated rings. The zero-order chi connectivity index (χ0) is 20.1. The number of piperidine rings is 1. The molecule has 2 aromatic rings. The van der Waals surface area contributed by atoms with Gasteiger partial charge in [-0.25, -0.2) is 4.79 Å². The third kappa shape index (κ3) is 4.61. The van der Waals surface area contributed by atoms with E-state index in [1.54, 1.807) is 18.7 Å². The van der Waals surface area contributed by atoms with Crippen LogP contribution in [-0.4, -0.2) is 41.1 Å². The Morgan fingerprint density at radius 2 is 1.93 bits per heavy atom. The summed E-state index contributed by atoms with van der Waals surface area (Å²) in [7, 11) is 0. The predicted octanol–water partition coefficient (Wildman–Crippen LogP) is 3.57. The number of rotatable bonds is 6. The molecular formula is C22H28N2O4. The molecule has 2 heterocycles. The van der Waals surface area contributed by atoms with Crippen molar-refractivity contribution in [2.75, 3.05) is 13.1 Å². The number of carbonyl (C=O) groups is 2. The first kappa shape index (κ1) is 20.1. The summed E-state index contributed by atoms with van der Waals surface area (Å²) >= 11 is 0. The number of hydrogen-bond donors (Lipinski definition) is 0. The summed E-state index contributed by atoms with van der Waals surface area (Å²) in [6.45, 7) is 6.59.